The third-order valence-corrected chi connectivity index (χ3v) is 4.83. The van der Waals surface area contributed by atoms with Crippen LogP contribution in [-0.2, 0) is 15.1 Å². The number of esters is 1. The van der Waals surface area contributed by atoms with E-state index in [1.54, 1.807) is 13.1 Å². The maximum Gasteiger partial charge on any atom is 0.342 e. The molecule has 2 atom stereocenters. The summed E-state index contributed by atoms with van der Waals surface area (Å²) in [6.45, 7) is 0. The number of benzene rings is 1. The Morgan fingerprint density at radius 2 is 2.17 bits per heavy atom. The Bertz CT molecular complexity index is 743. The Hall–Kier alpha value is -2.11. The Labute approximate surface area is 144 Å². The van der Waals surface area contributed by atoms with Gasteiger partial charge in [0.1, 0.15) is 11.8 Å². The number of carbonyl (C=O) groups is 2. The topological polar surface area (TPSA) is 68.5 Å². The van der Waals surface area contributed by atoms with Gasteiger partial charge in [0.25, 0.3) is 0 Å². The first-order valence-corrected chi connectivity index (χ1v) is 8.17. The van der Waals surface area contributed by atoms with E-state index in [2.05, 4.69) is 5.32 Å². The highest BCUT2D eigenvalue weighted by molar-refractivity contribution is 6.31. The molecule has 1 aliphatic rings. The van der Waals surface area contributed by atoms with Gasteiger partial charge in [-0.3, -0.25) is 4.79 Å². The Morgan fingerprint density at radius 1 is 1.38 bits per heavy atom. The number of rotatable bonds is 4. The normalized spacial score (nSPS) is 23.9. The number of nitrogens with one attached hydrogen (secondary N) is 1. The fraction of sp³-hybridized carbons (Fsp3) is 0.333. The van der Waals surface area contributed by atoms with E-state index < -0.39 is 17.6 Å². The van der Waals surface area contributed by atoms with Crippen molar-refractivity contribution < 1.29 is 18.7 Å². The number of Topliss-reactive ketones (excluding diaryl/α,β-unsaturated/α-hetero) is 1. The van der Waals surface area contributed by atoms with Crippen molar-refractivity contribution in [3.05, 3.63) is 59.0 Å². The molecule has 6 heteroatoms. The molecule has 24 heavy (non-hydrogen) atoms. The van der Waals surface area contributed by atoms with Crippen molar-refractivity contribution >= 4 is 23.4 Å². The van der Waals surface area contributed by atoms with Crippen molar-refractivity contribution in [2.24, 2.45) is 0 Å². The first kappa shape index (κ1) is 16.7. The first-order chi connectivity index (χ1) is 11.6. The van der Waals surface area contributed by atoms with Crippen LogP contribution in [0.15, 0.2) is 47.3 Å². The number of halogens is 1. The summed E-state index contributed by atoms with van der Waals surface area (Å²) in [7, 11) is 1.72. The average Bonchev–Trinajstić information content (AvgIpc) is 3.12. The number of ether oxygens (including phenoxy) is 1. The van der Waals surface area contributed by atoms with E-state index in [1.165, 1.54) is 18.6 Å². The Balaban J connectivity index is 1.88. The molecule has 0 saturated heterocycles. The largest absolute Gasteiger partial charge is 0.472 e. The fourth-order valence-electron chi connectivity index (χ4n) is 3.23. The van der Waals surface area contributed by atoms with Crippen molar-refractivity contribution in [2.75, 3.05) is 7.05 Å². The molecule has 0 amide bonds. The van der Waals surface area contributed by atoms with Gasteiger partial charge in [0.2, 0.25) is 0 Å². The van der Waals surface area contributed by atoms with E-state index in [-0.39, 0.29) is 5.78 Å². The van der Waals surface area contributed by atoms with E-state index in [0.717, 1.165) is 6.42 Å². The molecule has 2 unspecified atom stereocenters. The van der Waals surface area contributed by atoms with Crippen LogP contribution in [0.25, 0.3) is 0 Å². The molecule has 3 rings (SSSR count). The molecule has 1 aliphatic carbocycles. The lowest BCUT2D eigenvalue weighted by Gasteiger charge is -2.39. The van der Waals surface area contributed by atoms with Gasteiger partial charge >= 0.3 is 5.97 Å². The summed E-state index contributed by atoms with van der Waals surface area (Å²) in [6.07, 6.45) is 3.71. The molecule has 1 fully saturated rings. The molecule has 2 aromatic rings. The van der Waals surface area contributed by atoms with Crippen molar-refractivity contribution in [3.8, 4) is 0 Å². The predicted octanol–water partition coefficient (Wildman–Crippen LogP) is 3.33. The molecule has 0 spiro atoms. The number of hydrogen-bond acceptors (Lipinski definition) is 5. The number of likely N-dealkylation sites (N-methyl/N-ethyl adjacent to an activating group) is 1. The molecular formula is C18H18ClNO4. The molecule has 1 saturated carbocycles. The maximum atomic E-state index is 13.1. The highest BCUT2D eigenvalue weighted by Crippen LogP contribution is 2.38. The zero-order valence-corrected chi connectivity index (χ0v) is 14.0. The summed E-state index contributed by atoms with van der Waals surface area (Å²) >= 11 is 6.31. The van der Waals surface area contributed by atoms with Gasteiger partial charge in [0.15, 0.2) is 11.9 Å². The summed E-state index contributed by atoms with van der Waals surface area (Å²) in [5.74, 6) is -0.741. The minimum absolute atomic E-state index is 0.179. The van der Waals surface area contributed by atoms with Gasteiger partial charge in [0.05, 0.1) is 11.8 Å². The average molecular weight is 348 g/mol. The Morgan fingerprint density at radius 3 is 2.83 bits per heavy atom. The highest BCUT2D eigenvalue weighted by atomic mass is 35.5. The quantitative estimate of drug-likeness (QED) is 0.859. The van der Waals surface area contributed by atoms with Gasteiger partial charge in [-0.15, -0.1) is 0 Å². The lowest BCUT2D eigenvalue weighted by Crippen LogP contribution is -2.55. The molecule has 0 bridgehead atoms. The van der Waals surface area contributed by atoms with Crippen LogP contribution in [0.3, 0.4) is 0 Å². The van der Waals surface area contributed by atoms with Crippen molar-refractivity contribution in [3.63, 3.8) is 0 Å². The minimum atomic E-state index is -0.946. The lowest BCUT2D eigenvalue weighted by atomic mass is 9.74. The molecular weight excluding hydrogens is 330 g/mol. The molecule has 126 valence electrons. The van der Waals surface area contributed by atoms with Gasteiger partial charge in [-0.1, -0.05) is 29.8 Å². The van der Waals surface area contributed by atoms with Crippen LogP contribution in [0.5, 0.6) is 0 Å². The van der Waals surface area contributed by atoms with Crippen molar-refractivity contribution in [1.29, 1.82) is 0 Å². The number of ketones is 1. The monoisotopic (exact) mass is 347 g/mol. The van der Waals surface area contributed by atoms with Crippen LogP contribution in [-0.4, -0.2) is 24.9 Å². The summed E-state index contributed by atoms with van der Waals surface area (Å²) in [5.41, 5.74) is 0.0576. The van der Waals surface area contributed by atoms with Gasteiger partial charge in [0, 0.05) is 5.02 Å². The first-order valence-electron chi connectivity index (χ1n) is 7.80. The second-order valence-corrected chi connectivity index (χ2v) is 6.20. The van der Waals surface area contributed by atoms with Crippen LogP contribution in [0.2, 0.25) is 5.02 Å². The van der Waals surface area contributed by atoms with E-state index in [0.29, 0.717) is 29.0 Å². The zero-order chi connectivity index (χ0) is 17.2. The van der Waals surface area contributed by atoms with Gasteiger partial charge in [-0.05, 0) is 44.0 Å². The number of furan rings is 1. The minimum Gasteiger partial charge on any atom is -0.472 e. The van der Waals surface area contributed by atoms with Gasteiger partial charge in [-0.2, -0.15) is 0 Å². The summed E-state index contributed by atoms with van der Waals surface area (Å²) in [6, 6.07) is 8.75. The zero-order valence-electron chi connectivity index (χ0n) is 13.3. The highest BCUT2D eigenvalue weighted by Gasteiger charge is 2.47. The molecule has 1 heterocycles. The van der Waals surface area contributed by atoms with E-state index in [1.807, 2.05) is 18.2 Å². The molecule has 1 aromatic heterocycles. The Kier molecular flexibility index (Phi) is 4.73. The van der Waals surface area contributed by atoms with Crippen LogP contribution in [0.1, 0.15) is 35.2 Å². The fourth-order valence-corrected chi connectivity index (χ4v) is 3.53. The van der Waals surface area contributed by atoms with E-state index >= 15 is 0 Å². The van der Waals surface area contributed by atoms with Gasteiger partial charge in [-0.25, -0.2) is 4.79 Å². The molecule has 0 radical (unpaired) electrons. The second kappa shape index (κ2) is 6.79. The van der Waals surface area contributed by atoms with Crippen molar-refractivity contribution in [1.82, 2.24) is 5.32 Å². The van der Waals surface area contributed by atoms with Crippen LogP contribution in [0, 0.1) is 0 Å². The second-order valence-electron chi connectivity index (χ2n) is 5.80. The van der Waals surface area contributed by atoms with Gasteiger partial charge < -0.3 is 14.5 Å². The summed E-state index contributed by atoms with van der Waals surface area (Å²) in [4.78, 5) is 25.3. The third-order valence-electron chi connectivity index (χ3n) is 4.50. The smallest absolute Gasteiger partial charge is 0.342 e. The molecule has 1 N–H and O–H groups in total. The third kappa shape index (κ3) is 2.85. The van der Waals surface area contributed by atoms with Crippen LogP contribution in [0.4, 0.5) is 0 Å². The van der Waals surface area contributed by atoms with E-state index in [9.17, 15) is 9.59 Å². The molecule has 1 aromatic carbocycles. The van der Waals surface area contributed by atoms with Crippen LogP contribution >= 0.6 is 11.6 Å². The number of carbonyl (C=O) groups excluding carboxylic acids is 2. The summed E-state index contributed by atoms with van der Waals surface area (Å²) in [5, 5.41) is 3.63. The predicted molar refractivity (Wildman–Crippen MR) is 89.0 cm³/mol. The standard InChI is InChI=1S/C18H18ClNO4/c1-20-18(13-5-2-3-6-14(13)19)9-4-7-15(16(18)21)24-17(22)12-8-10-23-11-12/h2-3,5-6,8,10-11,15,20H,4,7,9H2,1H3. The maximum absolute atomic E-state index is 13.1. The van der Waals surface area contributed by atoms with Crippen LogP contribution < -0.4 is 5.32 Å². The van der Waals surface area contributed by atoms with E-state index in [4.69, 9.17) is 20.8 Å². The molecule has 0 aliphatic heterocycles. The summed E-state index contributed by atoms with van der Waals surface area (Å²) < 4.78 is 10.3. The molecule has 5 nitrogen and oxygen atoms in total. The number of hydrogen-bond donors (Lipinski definition) is 1. The SMILES string of the molecule is CNC1(c2ccccc2Cl)CCCC(OC(=O)c2ccoc2)C1=O. The van der Waals surface area contributed by atoms with Crippen molar-refractivity contribution in [2.45, 2.75) is 30.9 Å². The lowest BCUT2D eigenvalue weighted by molar-refractivity contribution is -0.138.